The molecule has 15 rings (SSSR count). The molecule has 10 nitrogen and oxygen atoms in total. The molecule has 0 aromatic heterocycles. The van der Waals surface area contributed by atoms with Crippen LogP contribution in [0.2, 0.25) is 0 Å². The SMILES string of the molecule is O=P1(c2ccccc2)Oc2cc(O)c3cc2C(CCc2ccccc2)c2cc4c(cc2O1)OP(=O)(c1ccccc1)Oc1cc2c(cc1C4CCc1ccccc1)C(CCc1ccccc1)c1cc(c(O)cc1OP(=S)(c1ccccc1)O2)C3CCc1ccccc1. The first kappa shape index (κ1) is 59.2. The molecule has 11 aromatic carbocycles. The molecule has 0 radical (unpaired) electrons. The van der Waals surface area contributed by atoms with E-state index < -0.39 is 45.4 Å². The minimum Gasteiger partial charge on any atom is -0.508 e. The lowest BCUT2D eigenvalue weighted by molar-refractivity contribution is 0.377. The number of hydrogen-bond donors (Lipinski definition) is 2. The average molecular weight is 1290 g/mol. The predicted octanol–water partition coefficient (Wildman–Crippen LogP) is 18.5. The number of aromatic hydroxyl groups is 2. The molecule has 2 N–H and O–H groups in total. The van der Waals surface area contributed by atoms with Gasteiger partial charge >= 0.3 is 21.7 Å². The molecular formula is C78H65O10P3S. The van der Waals surface area contributed by atoms with Crippen molar-refractivity contribution in [2.24, 2.45) is 0 Å². The van der Waals surface area contributed by atoms with Crippen LogP contribution >= 0.6 is 21.7 Å². The summed E-state index contributed by atoms with van der Waals surface area (Å²) in [5.74, 6) is -0.828. The predicted molar refractivity (Wildman–Crippen MR) is 367 cm³/mol. The smallest absolute Gasteiger partial charge is 0.462 e. The molecule has 0 amide bonds. The van der Waals surface area contributed by atoms with E-state index in [4.69, 9.17) is 38.9 Å². The standard InChI is InChI=1S/C78H65O10P3S/c79-71-48-73-65-44-63(71)59(40-36-52-22-8-1-9-23-52)64-45-66-61(42-38-54-26-12-3-13-27-54)70-47-69-62(43-39-55-28-14-4-15-29-55)68-46-67(60(65)41-37-53-24-10-2-11-25-53)75(84-89(81,83-73)56-30-16-5-17-31-56)50-76(68)85-90(82,57-32-18-6-19-33-57)86-77(69)51-78(70)88-91(92,58-34-20-7-21-35-58)87-74(66)49-72(64)80/h1-35,44-51,59-62,79-80H,36-43H2. The summed E-state index contributed by atoms with van der Waals surface area (Å²) in [4.78, 5) is 0. The summed E-state index contributed by atoms with van der Waals surface area (Å²) in [5, 5.41) is 27.4. The Labute approximate surface area is 541 Å². The van der Waals surface area contributed by atoms with Crippen LogP contribution in [0.3, 0.4) is 0 Å². The van der Waals surface area contributed by atoms with Crippen LogP contribution in [0.25, 0.3) is 0 Å². The lowest BCUT2D eigenvalue weighted by atomic mass is 9.76. The van der Waals surface area contributed by atoms with Crippen molar-refractivity contribution in [3.63, 3.8) is 0 Å². The zero-order chi connectivity index (χ0) is 62.4. The molecule has 0 fully saturated rings. The summed E-state index contributed by atoms with van der Waals surface area (Å²) in [6.07, 6.45) is 4.39. The Kier molecular flexibility index (Phi) is 16.0. The van der Waals surface area contributed by atoms with Gasteiger partial charge in [-0.15, -0.1) is 0 Å². The van der Waals surface area contributed by atoms with E-state index in [1.807, 2.05) is 127 Å². The highest BCUT2D eigenvalue weighted by atomic mass is 32.5. The van der Waals surface area contributed by atoms with Crippen molar-refractivity contribution in [3.8, 4) is 46.0 Å². The van der Waals surface area contributed by atoms with Crippen LogP contribution in [-0.2, 0) is 46.6 Å². The Balaban J connectivity index is 1.09. The van der Waals surface area contributed by atoms with Crippen LogP contribution in [0.4, 0.5) is 0 Å². The largest absolute Gasteiger partial charge is 0.508 e. The van der Waals surface area contributed by atoms with Gasteiger partial charge in [0.05, 0.1) is 15.9 Å². The van der Waals surface area contributed by atoms with Crippen molar-refractivity contribution < 1.29 is 46.5 Å². The van der Waals surface area contributed by atoms with Gasteiger partial charge < -0.3 is 37.4 Å². The lowest BCUT2D eigenvalue weighted by Crippen LogP contribution is -2.23. The Morgan fingerprint density at radius 2 is 0.511 bits per heavy atom. The normalized spacial score (nSPS) is 21.4. The minimum absolute atomic E-state index is 0.0584. The number of rotatable bonds is 15. The minimum atomic E-state index is -4.50. The molecule has 458 valence electrons. The van der Waals surface area contributed by atoms with Crippen LogP contribution in [0.1, 0.15) is 116 Å². The van der Waals surface area contributed by atoms with Crippen molar-refractivity contribution in [3.05, 3.63) is 328 Å². The third-order valence-corrected chi connectivity index (χ3v) is 24.9. The first-order chi connectivity index (χ1) is 44.9. The topological polar surface area (TPSA) is 130 Å². The highest BCUT2D eigenvalue weighted by Gasteiger charge is 2.45. The highest BCUT2D eigenvalue weighted by molar-refractivity contribution is 8.13. The Bertz CT molecular complexity index is 4450. The second-order valence-electron chi connectivity index (χ2n) is 24.1. The van der Waals surface area contributed by atoms with Crippen LogP contribution < -0.4 is 43.1 Å². The first-order valence-corrected chi connectivity index (χ1v) is 37.1. The first-order valence-electron chi connectivity index (χ1n) is 31.3. The van der Waals surface area contributed by atoms with Crippen LogP contribution in [0.15, 0.2) is 261 Å². The van der Waals surface area contributed by atoms with E-state index in [9.17, 15) is 10.2 Å². The van der Waals surface area contributed by atoms with Gasteiger partial charge in [-0.3, -0.25) is 0 Å². The zero-order valence-corrected chi connectivity index (χ0v) is 53.7. The Morgan fingerprint density at radius 1 is 0.283 bits per heavy atom. The molecular weight excluding hydrogens is 1220 g/mol. The van der Waals surface area contributed by atoms with Gasteiger partial charge in [-0.2, -0.15) is 0 Å². The maximum Gasteiger partial charge on any atom is 0.462 e. The molecule has 7 atom stereocenters. The summed E-state index contributed by atoms with van der Waals surface area (Å²) >= 11 is 6.77. The van der Waals surface area contributed by atoms with Crippen molar-refractivity contribution in [1.82, 2.24) is 0 Å². The van der Waals surface area contributed by atoms with Gasteiger partial charge in [0.15, 0.2) is 0 Å². The van der Waals surface area contributed by atoms with Crippen molar-refractivity contribution >= 4 is 49.4 Å². The van der Waals surface area contributed by atoms with Crippen molar-refractivity contribution in [1.29, 1.82) is 0 Å². The number of hydrogen-bond acceptors (Lipinski definition) is 11. The molecule has 0 saturated carbocycles. The van der Waals surface area contributed by atoms with Crippen LogP contribution in [0.5, 0.6) is 46.0 Å². The number of fused-ring (bicyclic) bond motifs is 2. The second-order valence-corrected chi connectivity index (χ2v) is 31.2. The third-order valence-electron chi connectivity index (χ3n) is 18.4. The van der Waals surface area contributed by atoms with E-state index >= 15 is 9.13 Å². The molecule has 0 saturated heterocycles. The molecule has 92 heavy (non-hydrogen) atoms. The van der Waals surface area contributed by atoms with Crippen molar-refractivity contribution in [2.45, 2.75) is 75.0 Å². The van der Waals surface area contributed by atoms with Crippen LogP contribution in [0, 0.1) is 0 Å². The van der Waals surface area contributed by atoms with Gasteiger partial charge in [0.1, 0.15) is 46.0 Å². The van der Waals surface area contributed by atoms with Crippen LogP contribution in [-0.4, -0.2) is 10.2 Å². The monoisotopic (exact) mass is 1290 g/mol. The number of aryl methyl sites for hydroxylation is 4. The Hall–Kier alpha value is -9.07. The quantitative estimate of drug-likeness (QED) is 0.0952. The fraction of sp³-hybridized carbons (Fsp3) is 0.154. The average Bonchev–Trinajstić information content (AvgIpc) is 0.732. The maximum atomic E-state index is 16.7. The van der Waals surface area contributed by atoms with Gasteiger partial charge in [0.2, 0.25) is 0 Å². The molecule has 14 heteroatoms. The van der Waals surface area contributed by atoms with Gasteiger partial charge in [0.25, 0.3) is 0 Å². The van der Waals surface area contributed by atoms with E-state index in [1.165, 1.54) is 0 Å². The van der Waals surface area contributed by atoms with E-state index in [0.29, 0.717) is 101 Å². The fourth-order valence-electron chi connectivity index (χ4n) is 13.8. The number of benzene rings is 11. The zero-order valence-electron chi connectivity index (χ0n) is 50.2. The fourth-order valence-corrected chi connectivity index (χ4v) is 19.5. The molecule has 0 spiro atoms. The van der Waals surface area contributed by atoms with Gasteiger partial charge in [-0.25, -0.2) is 9.13 Å². The van der Waals surface area contributed by atoms with E-state index in [1.54, 1.807) is 66.7 Å². The molecule has 7 unspecified atom stereocenters. The van der Waals surface area contributed by atoms with E-state index in [2.05, 4.69) is 66.7 Å². The number of phenolic OH excluding ortho intramolecular Hbond substituents is 2. The summed E-state index contributed by atoms with van der Waals surface area (Å²) in [5.41, 5.74) is 9.79. The molecule has 11 aromatic rings. The van der Waals surface area contributed by atoms with Gasteiger partial charge in [0, 0.05) is 92.4 Å². The molecule has 8 bridgehead atoms. The Morgan fingerprint density at radius 3 is 0.815 bits per heavy atom. The maximum absolute atomic E-state index is 16.7. The lowest BCUT2D eigenvalue weighted by Gasteiger charge is -2.37. The number of phenols is 2. The highest BCUT2D eigenvalue weighted by Crippen LogP contribution is 2.64. The summed E-state index contributed by atoms with van der Waals surface area (Å²) in [7, 11) is -8.97. The summed E-state index contributed by atoms with van der Waals surface area (Å²) in [6.45, 7) is -3.65. The second kappa shape index (κ2) is 24.9. The summed E-state index contributed by atoms with van der Waals surface area (Å²) in [6, 6.07) is 83.7. The van der Waals surface area contributed by atoms with Gasteiger partial charge in [-0.1, -0.05) is 176 Å². The van der Waals surface area contributed by atoms with E-state index in [-0.39, 0.29) is 39.8 Å². The van der Waals surface area contributed by atoms with Gasteiger partial charge in [-0.05, 0) is 146 Å². The third kappa shape index (κ3) is 11.6. The summed E-state index contributed by atoms with van der Waals surface area (Å²) < 4.78 is 76.1. The molecule has 4 aliphatic rings. The molecule has 3 heterocycles. The molecule has 1 aliphatic carbocycles. The van der Waals surface area contributed by atoms with E-state index in [0.717, 1.165) is 38.9 Å². The van der Waals surface area contributed by atoms with Crippen molar-refractivity contribution in [2.75, 3.05) is 0 Å². The molecule has 3 aliphatic heterocycles.